The summed E-state index contributed by atoms with van der Waals surface area (Å²) in [7, 11) is 3.07. The number of amides is 1. The maximum absolute atomic E-state index is 11.5. The molecule has 0 saturated heterocycles. The molecular formula is C11H17N3O2. The first kappa shape index (κ1) is 14.2. The van der Waals surface area contributed by atoms with Crippen molar-refractivity contribution in [3.05, 3.63) is 23.0 Å². The van der Waals surface area contributed by atoms with Crippen LogP contribution in [0, 0.1) is 11.3 Å². The summed E-state index contributed by atoms with van der Waals surface area (Å²) in [6.45, 7) is 3.38. The molecule has 0 radical (unpaired) electrons. The molecule has 0 aromatic carbocycles. The van der Waals surface area contributed by atoms with Crippen LogP contribution in [0.1, 0.15) is 13.8 Å². The minimum Gasteiger partial charge on any atom is -0.401 e. The molecule has 88 valence electrons. The lowest BCUT2D eigenvalue weighted by Gasteiger charge is -2.17. The van der Waals surface area contributed by atoms with Gasteiger partial charge >= 0.3 is 0 Å². The van der Waals surface area contributed by atoms with Crippen molar-refractivity contribution in [3.63, 3.8) is 0 Å². The molecule has 16 heavy (non-hydrogen) atoms. The highest BCUT2D eigenvalue weighted by atomic mass is 16.5. The summed E-state index contributed by atoms with van der Waals surface area (Å²) in [6.07, 6.45) is 1.57. The molecule has 0 unspecified atom stereocenters. The molecule has 0 atom stereocenters. The number of hydrogen-bond donors (Lipinski definition) is 1. The monoisotopic (exact) mass is 223 g/mol. The van der Waals surface area contributed by atoms with Crippen LogP contribution in [0.3, 0.4) is 0 Å². The van der Waals surface area contributed by atoms with E-state index in [-0.39, 0.29) is 12.5 Å². The van der Waals surface area contributed by atoms with Crippen LogP contribution in [-0.2, 0) is 9.53 Å². The highest BCUT2D eigenvalue weighted by Gasteiger charge is 2.10. The van der Waals surface area contributed by atoms with Gasteiger partial charge in [-0.1, -0.05) is 0 Å². The van der Waals surface area contributed by atoms with E-state index in [2.05, 4.69) is 0 Å². The van der Waals surface area contributed by atoms with Gasteiger partial charge in [-0.15, -0.1) is 0 Å². The second-order valence-electron chi connectivity index (χ2n) is 3.38. The Morgan fingerprint density at radius 1 is 1.56 bits per heavy atom. The van der Waals surface area contributed by atoms with Gasteiger partial charge in [0.1, 0.15) is 12.7 Å². The SMILES string of the molecule is COCC(=O)N(C)/C(C)=C/C(C#N)=C(\C)N. The van der Waals surface area contributed by atoms with Crippen molar-refractivity contribution in [3.8, 4) is 6.07 Å². The third-order valence-electron chi connectivity index (χ3n) is 2.07. The van der Waals surface area contributed by atoms with Crippen molar-refractivity contribution in [1.29, 1.82) is 5.26 Å². The van der Waals surface area contributed by atoms with Gasteiger partial charge in [-0.3, -0.25) is 4.79 Å². The number of nitrogens with two attached hydrogens (primary N) is 1. The van der Waals surface area contributed by atoms with Crippen molar-refractivity contribution in [1.82, 2.24) is 4.90 Å². The Morgan fingerprint density at radius 3 is 2.50 bits per heavy atom. The molecule has 5 nitrogen and oxygen atoms in total. The maximum atomic E-state index is 11.5. The molecule has 0 aliphatic heterocycles. The summed E-state index contributed by atoms with van der Waals surface area (Å²) >= 11 is 0. The Bertz CT molecular complexity index is 360. The van der Waals surface area contributed by atoms with Gasteiger partial charge in [-0.25, -0.2) is 0 Å². The van der Waals surface area contributed by atoms with Crippen LogP contribution in [-0.4, -0.2) is 31.6 Å². The van der Waals surface area contributed by atoms with E-state index in [4.69, 9.17) is 15.7 Å². The molecular weight excluding hydrogens is 206 g/mol. The summed E-state index contributed by atoms with van der Waals surface area (Å²) < 4.78 is 4.73. The van der Waals surface area contributed by atoms with Crippen molar-refractivity contribution in [2.24, 2.45) is 5.73 Å². The van der Waals surface area contributed by atoms with Crippen LogP contribution in [0.2, 0.25) is 0 Å². The summed E-state index contributed by atoms with van der Waals surface area (Å²) in [6, 6.07) is 1.97. The van der Waals surface area contributed by atoms with Crippen molar-refractivity contribution >= 4 is 5.91 Å². The number of carbonyl (C=O) groups excluding carboxylic acids is 1. The highest BCUT2D eigenvalue weighted by Crippen LogP contribution is 2.07. The molecule has 0 aliphatic carbocycles. The zero-order chi connectivity index (χ0) is 12.7. The summed E-state index contributed by atoms with van der Waals surface area (Å²) in [4.78, 5) is 12.9. The lowest BCUT2D eigenvalue weighted by molar-refractivity contribution is -0.131. The Balaban J connectivity index is 4.87. The number of methoxy groups -OCH3 is 1. The summed E-state index contributed by atoms with van der Waals surface area (Å²) in [5.41, 5.74) is 6.94. The summed E-state index contributed by atoms with van der Waals surface area (Å²) in [5, 5.41) is 8.81. The van der Waals surface area contributed by atoms with E-state index in [1.807, 2.05) is 6.07 Å². The fourth-order valence-electron chi connectivity index (χ4n) is 0.957. The maximum Gasteiger partial charge on any atom is 0.252 e. The predicted octanol–water partition coefficient (Wildman–Crippen LogP) is 0.751. The molecule has 0 bridgehead atoms. The third kappa shape index (κ3) is 4.15. The number of carbonyl (C=O) groups is 1. The van der Waals surface area contributed by atoms with E-state index < -0.39 is 0 Å². The molecule has 0 aromatic rings. The van der Waals surface area contributed by atoms with Gasteiger partial charge in [0.2, 0.25) is 0 Å². The molecule has 0 saturated carbocycles. The lowest BCUT2D eigenvalue weighted by atomic mass is 10.2. The minimum absolute atomic E-state index is 0.00882. The summed E-state index contributed by atoms with van der Waals surface area (Å²) in [5.74, 6) is -0.178. The quantitative estimate of drug-likeness (QED) is 0.563. The zero-order valence-electron chi connectivity index (χ0n) is 10.1. The Labute approximate surface area is 95.8 Å². The Morgan fingerprint density at radius 2 is 2.12 bits per heavy atom. The first-order valence-corrected chi connectivity index (χ1v) is 4.74. The first-order chi connectivity index (χ1) is 7.43. The fourth-order valence-corrected chi connectivity index (χ4v) is 0.957. The smallest absolute Gasteiger partial charge is 0.252 e. The van der Waals surface area contributed by atoms with Crippen LogP contribution >= 0.6 is 0 Å². The van der Waals surface area contributed by atoms with Crippen LogP contribution in [0.25, 0.3) is 0 Å². The lowest BCUT2D eigenvalue weighted by Crippen LogP contribution is -2.28. The number of hydrogen-bond acceptors (Lipinski definition) is 4. The van der Waals surface area contributed by atoms with E-state index in [9.17, 15) is 4.79 Å². The van der Waals surface area contributed by atoms with Crippen molar-refractivity contribution < 1.29 is 9.53 Å². The topological polar surface area (TPSA) is 79.3 Å². The van der Waals surface area contributed by atoms with Crippen molar-refractivity contribution in [2.75, 3.05) is 20.8 Å². The van der Waals surface area contributed by atoms with Gasteiger partial charge < -0.3 is 15.4 Å². The Kier molecular flexibility index (Phi) is 5.89. The van der Waals surface area contributed by atoms with Gasteiger partial charge in [0.25, 0.3) is 5.91 Å². The molecule has 0 aliphatic rings. The average Bonchev–Trinajstić information content (AvgIpc) is 2.24. The predicted molar refractivity (Wildman–Crippen MR) is 60.9 cm³/mol. The van der Waals surface area contributed by atoms with Crippen LogP contribution in [0.15, 0.2) is 23.0 Å². The van der Waals surface area contributed by atoms with Crippen LogP contribution < -0.4 is 5.73 Å². The van der Waals surface area contributed by atoms with Gasteiger partial charge in [0.05, 0.1) is 5.57 Å². The average molecular weight is 223 g/mol. The molecule has 0 spiro atoms. The number of ether oxygens (including phenoxy) is 1. The zero-order valence-corrected chi connectivity index (χ0v) is 10.1. The molecule has 1 amide bonds. The molecule has 0 rings (SSSR count). The highest BCUT2D eigenvalue weighted by molar-refractivity contribution is 5.79. The first-order valence-electron chi connectivity index (χ1n) is 4.74. The van der Waals surface area contributed by atoms with Crippen LogP contribution in [0.5, 0.6) is 0 Å². The van der Waals surface area contributed by atoms with Crippen LogP contribution in [0.4, 0.5) is 0 Å². The van der Waals surface area contributed by atoms with E-state index in [1.165, 1.54) is 12.0 Å². The Hall–Kier alpha value is -1.80. The number of nitriles is 1. The van der Waals surface area contributed by atoms with Gasteiger partial charge in [-0.05, 0) is 19.9 Å². The molecule has 5 heteroatoms. The largest absolute Gasteiger partial charge is 0.401 e. The second-order valence-corrected chi connectivity index (χ2v) is 3.38. The normalized spacial score (nSPS) is 12.8. The van der Waals surface area contributed by atoms with Gasteiger partial charge in [0.15, 0.2) is 0 Å². The number of likely N-dealkylation sites (N-methyl/N-ethyl adjacent to an activating group) is 1. The number of allylic oxidation sites excluding steroid dienone is 4. The van der Waals surface area contributed by atoms with E-state index >= 15 is 0 Å². The molecule has 2 N–H and O–H groups in total. The van der Waals surface area contributed by atoms with E-state index in [1.54, 1.807) is 27.0 Å². The van der Waals surface area contributed by atoms with Gasteiger partial charge in [-0.2, -0.15) is 5.26 Å². The molecule has 0 fully saturated rings. The fraction of sp³-hybridized carbons (Fsp3) is 0.455. The standard InChI is InChI=1S/C11H17N3O2/c1-8(5-10(6-12)9(2)13)14(3)11(15)7-16-4/h5H,7,13H2,1-4H3/b8-5+,10-9-. The molecule has 0 aromatic heterocycles. The number of nitrogens with zero attached hydrogens (tertiary/aromatic N) is 2. The van der Waals surface area contributed by atoms with Gasteiger partial charge in [0, 0.05) is 25.6 Å². The third-order valence-corrected chi connectivity index (χ3v) is 2.07. The molecule has 0 heterocycles. The number of rotatable bonds is 4. The van der Waals surface area contributed by atoms with Crippen molar-refractivity contribution in [2.45, 2.75) is 13.8 Å². The minimum atomic E-state index is -0.178. The van der Waals surface area contributed by atoms with E-state index in [0.29, 0.717) is 17.0 Å². The van der Waals surface area contributed by atoms with E-state index in [0.717, 1.165) is 0 Å². The second kappa shape index (κ2) is 6.64.